The van der Waals surface area contributed by atoms with Crippen LogP contribution in [0.1, 0.15) is 29.3 Å². The first kappa shape index (κ1) is 16.2. The zero-order valence-electron chi connectivity index (χ0n) is 14.5. The van der Waals surface area contributed by atoms with Crippen LogP contribution in [0, 0.1) is 13.8 Å². The molecule has 4 rings (SSSR count). The molecule has 0 aliphatic heterocycles. The van der Waals surface area contributed by atoms with E-state index in [1.807, 2.05) is 38.1 Å². The first-order valence-electron chi connectivity index (χ1n) is 8.27. The van der Waals surface area contributed by atoms with E-state index in [4.69, 9.17) is 9.15 Å². The van der Waals surface area contributed by atoms with Gasteiger partial charge in [-0.1, -0.05) is 12.1 Å². The number of carbonyl (C=O) groups excluding carboxylic acids is 1. The molecule has 4 aromatic rings. The molecule has 26 heavy (non-hydrogen) atoms. The minimum absolute atomic E-state index is 0.0197. The summed E-state index contributed by atoms with van der Waals surface area (Å²) in [4.78, 5) is 24.9. The van der Waals surface area contributed by atoms with Crippen LogP contribution >= 0.6 is 0 Å². The summed E-state index contributed by atoms with van der Waals surface area (Å²) in [6.45, 7) is 3.86. The Kier molecular flexibility index (Phi) is 4.08. The molecule has 0 atom stereocenters. The van der Waals surface area contributed by atoms with Crippen LogP contribution in [0.2, 0.25) is 0 Å². The van der Waals surface area contributed by atoms with Gasteiger partial charge in [-0.15, -0.1) is 0 Å². The molecule has 0 N–H and O–H groups in total. The minimum Gasteiger partial charge on any atom is -0.456 e. The van der Waals surface area contributed by atoms with E-state index in [1.165, 1.54) is 6.33 Å². The number of hydrogen-bond acceptors (Lipinski definition) is 7. The number of oxazole rings is 1. The maximum absolute atomic E-state index is 12.1. The summed E-state index contributed by atoms with van der Waals surface area (Å²) < 4.78 is 12.5. The van der Waals surface area contributed by atoms with E-state index in [0.717, 1.165) is 22.5 Å². The summed E-state index contributed by atoms with van der Waals surface area (Å²) in [6.07, 6.45) is 2.23. The molecule has 132 valence electrons. The fourth-order valence-electron chi connectivity index (χ4n) is 2.94. The quantitative estimate of drug-likeness (QED) is 0.510. The average molecular weight is 351 g/mol. The molecule has 0 spiro atoms. The van der Waals surface area contributed by atoms with Crippen LogP contribution < -0.4 is 0 Å². The van der Waals surface area contributed by atoms with Crippen molar-refractivity contribution >= 4 is 22.8 Å². The van der Waals surface area contributed by atoms with Crippen LogP contribution in [-0.4, -0.2) is 30.5 Å². The van der Waals surface area contributed by atoms with Gasteiger partial charge in [-0.25, -0.2) is 14.5 Å². The summed E-state index contributed by atoms with van der Waals surface area (Å²) in [7, 11) is 0. The highest BCUT2D eigenvalue weighted by Crippen LogP contribution is 2.17. The van der Waals surface area contributed by atoms with Crippen LogP contribution in [0.5, 0.6) is 0 Å². The zero-order chi connectivity index (χ0) is 18.1. The zero-order valence-corrected chi connectivity index (χ0v) is 14.5. The lowest BCUT2D eigenvalue weighted by Crippen LogP contribution is -2.10. The van der Waals surface area contributed by atoms with E-state index in [0.29, 0.717) is 23.7 Å². The van der Waals surface area contributed by atoms with Crippen molar-refractivity contribution in [1.29, 1.82) is 0 Å². The van der Waals surface area contributed by atoms with Crippen LogP contribution in [-0.2, 0) is 22.6 Å². The van der Waals surface area contributed by atoms with Gasteiger partial charge in [-0.05, 0) is 38.0 Å². The highest BCUT2D eigenvalue weighted by atomic mass is 16.5. The molecule has 0 amide bonds. The van der Waals surface area contributed by atoms with E-state index in [9.17, 15) is 4.79 Å². The van der Waals surface area contributed by atoms with Gasteiger partial charge in [0.1, 0.15) is 11.8 Å². The first-order chi connectivity index (χ1) is 12.6. The molecule has 0 unspecified atom stereocenters. The Morgan fingerprint density at radius 3 is 2.92 bits per heavy atom. The lowest BCUT2D eigenvalue weighted by molar-refractivity contribution is -0.145. The van der Waals surface area contributed by atoms with Gasteiger partial charge in [-0.3, -0.25) is 4.79 Å². The van der Waals surface area contributed by atoms with E-state index in [2.05, 4.69) is 20.1 Å². The monoisotopic (exact) mass is 351 g/mol. The van der Waals surface area contributed by atoms with Crippen LogP contribution in [0.4, 0.5) is 0 Å². The minimum atomic E-state index is -0.315. The molecule has 0 aliphatic carbocycles. The molecule has 3 heterocycles. The topological polar surface area (TPSA) is 95.4 Å². The molecular weight excluding hydrogens is 334 g/mol. The lowest BCUT2D eigenvalue weighted by atomic mass is 10.1. The third-order valence-corrected chi connectivity index (χ3v) is 4.26. The highest BCUT2D eigenvalue weighted by molar-refractivity contribution is 5.72. The second kappa shape index (κ2) is 6.55. The average Bonchev–Trinajstić information content (AvgIpc) is 3.25. The van der Waals surface area contributed by atoms with Gasteiger partial charge in [0.25, 0.3) is 5.78 Å². The van der Waals surface area contributed by atoms with Crippen molar-refractivity contribution in [2.45, 2.75) is 33.3 Å². The second-order valence-corrected chi connectivity index (χ2v) is 5.97. The Morgan fingerprint density at radius 1 is 1.23 bits per heavy atom. The van der Waals surface area contributed by atoms with Crippen molar-refractivity contribution in [2.24, 2.45) is 0 Å². The Balaban J connectivity index is 1.39. The van der Waals surface area contributed by atoms with Crippen LogP contribution in [0.3, 0.4) is 0 Å². The number of aromatic nitrogens is 5. The number of rotatable bonds is 5. The number of para-hydroxylation sites is 2. The van der Waals surface area contributed by atoms with Gasteiger partial charge in [0.15, 0.2) is 12.2 Å². The molecule has 0 radical (unpaired) electrons. The molecule has 3 aromatic heterocycles. The normalized spacial score (nSPS) is 11.3. The summed E-state index contributed by atoms with van der Waals surface area (Å²) in [6, 6.07) is 7.43. The molecule has 8 nitrogen and oxygen atoms in total. The third kappa shape index (κ3) is 3.01. The Bertz CT molecular complexity index is 1070. The molecule has 0 saturated carbocycles. The molecular formula is C18H17N5O3. The third-order valence-electron chi connectivity index (χ3n) is 4.26. The number of carbonyl (C=O) groups is 1. The highest BCUT2D eigenvalue weighted by Gasteiger charge is 2.14. The lowest BCUT2D eigenvalue weighted by Gasteiger charge is -2.10. The molecule has 0 saturated heterocycles. The van der Waals surface area contributed by atoms with E-state index in [1.54, 1.807) is 4.52 Å². The Morgan fingerprint density at radius 2 is 2.08 bits per heavy atom. The van der Waals surface area contributed by atoms with Crippen LogP contribution in [0.15, 0.2) is 35.0 Å². The van der Waals surface area contributed by atoms with Gasteiger partial charge in [0.2, 0.25) is 5.89 Å². The van der Waals surface area contributed by atoms with E-state index in [-0.39, 0.29) is 19.0 Å². The fraction of sp³-hybridized carbons (Fsp3) is 0.278. The summed E-state index contributed by atoms with van der Waals surface area (Å²) in [5, 5.41) is 4.15. The largest absolute Gasteiger partial charge is 0.456 e. The van der Waals surface area contributed by atoms with Gasteiger partial charge < -0.3 is 9.15 Å². The van der Waals surface area contributed by atoms with Crippen molar-refractivity contribution in [2.75, 3.05) is 0 Å². The number of ether oxygens (including phenoxy) is 1. The SMILES string of the molecule is Cc1nc2ncnn2c(C)c1CCC(=O)OCc1nc2ccccc2o1. The second-order valence-electron chi connectivity index (χ2n) is 5.97. The molecule has 0 aliphatic rings. The maximum Gasteiger partial charge on any atom is 0.306 e. The number of fused-ring (bicyclic) bond motifs is 2. The molecule has 0 fully saturated rings. The van der Waals surface area contributed by atoms with Crippen molar-refractivity contribution < 1.29 is 13.9 Å². The number of hydrogen-bond donors (Lipinski definition) is 0. The maximum atomic E-state index is 12.1. The number of benzene rings is 1. The summed E-state index contributed by atoms with van der Waals surface area (Å²) in [5.41, 5.74) is 4.17. The summed E-state index contributed by atoms with van der Waals surface area (Å²) >= 11 is 0. The van der Waals surface area contributed by atoms with Gasteiger partial charge in [-0.2, -0.15) is 10.1 Å². The predicted molar refractivity (Wildman–Crippen MR) is 92.4 cm³/mol. The number of nitrogens with zero attached hydrogens (tertiary/aromatic N) is 5. The van der Waals surface area contributed by atoms with E-state index >= 15 is 0 Å². The van der Waals surface area contributed by atoms with Crippen molar-refractivity contribution in [3.05, 3.63) is 53.4 Å². The smallest absolute Gasteiger partial charge is 0.306 e. The first-order valence-corrected chi connectivity index (χ1v) is 8.27. The van der Waals surface area contributed by atoms with Crippen molar-refractivity contribution in [1.82, 2.24) is 24.6 Å². The van der Waals surface area contributed by atoms with Crippen molar-refractivity contribution in [3.63, 3.8) is 0 Å². The predicted octanol–water partition coefficient (Wildman–Crippen LogP) is 2.56. The Labute approximate surface area is 148 Å². The van der Waals surface area contributed by atoms with Crippen LogP contribution in [0.25, 0.3) is 16.9 Å². The van der Waals surface area contributed by atoms with Gasteiger partial charge in [0, 0.05) is 17.8 Å². The summed E-state index contributed by atoms with van der Waals surface area (Å²) in [5.74, 6) is 0.629. The molecule has 8 heteroatoms. The molecule has 1 aromatic carbocycles. The standard InChI is InChI=1S/C18H17N5O3/c1-11-13(12(2)23-18(21-11)19-10-20-23)7-8-17(24)25-9-16-22-14-5-3-4-6-15(14)26-16/h3-6,10H,7-9H2,1-2H3. The van der Waals surface area contributed by atoms with Gasteiger partial charge in [0.05, 0.1) is 0 Å². The van der Waals surface area contributed by atoms with E-state index < -0.39 is 0 Å². The fourth-order valence-corrected chi connectivity index (χ4v) is 2.94. The van der Waals surface area contributed by atoms with Gasteiger partial charge >= 0.3 is 5.97 Å². The number of esters is 1. The number of aryl methyl sites for hydroxylation is 2. The van der Waals surface area contributed by atoms with Crippen molar-refractivity contribution in [3.8, 4) is 0 Å². The Hall–Kier alpha value is -3.29. The molecule has 0 bridgehead atoms.